The number of carbonyl (C=O) groups is 1. The van der Waals surface area contributed by atoms with Crippen LogP contribution in [-0.4, -0.2) is 30.5 Å². The van der Waals surface area contributed by atoms with Crippen LogP contribution in [0.5, 0.6) is 5.75 Å². The number of benzene rings is 1. The van der Waals surface area contributed by atoms with Crippen molar-refractivity contribution in [2.24, 2.45) is 11.7 Å². The molecule has 4 nitrogen and oxygen atoms in total. The summed E-state index contributed by atoms with van der Waals surface area (Å²) in [7, 11) is 1.66. The summed E-state index contributed by atoms with van der Waals surface area (Å²) >= 11 is 0. The third-order valence-corrected chi connectivity index (χ3v) is 4.16. The molecule has 1 heterocycles. The number of nitrogens with zero attached hydrogens (tertiary/aromatic N) is 1. The maximum absolute atomic E-state index is 12.4. The third-order valence-electron chi connectivity index (χ3n) is 4.16. The van der Waals surface area contributed by atoms with Crippen LogP contribution in [-0.2, 0) is 4.79 Å². The molecule has 116 valence electrons. The van der Waals surface area contributed by atoms with Gasteiger partial charge in [0.1, 0.15) is 5.75 Å². The van der Waals surface area contributed by atoms with E-state index in [4.69, 9.17) is 10.5 Å². The van der Waals surface area contributed by atoms with Gasteiger partial charge < -0.3 is 15.4 Å². The minimum Gasteiger partial charge on any atom is -0.496 e. The van der Waals surface area contributed by atoms with Gasteiger partial charge in [-0.05, 0) is 24.8 Å². The fourth-order valence-electron chi connectivity index (χ4n) is 2.95. The summed E-state index contributed by atoms with van der Waals surface area (Å²) in [4.78, 5) is 14.3. The highest BCUT2D eigenvalue weighted by atomic mass is 16.5. The second kappa shape index (κ2) is 6.94. The number of ether oxygens (including phenoxy) is 1. The normalized spacial score (nSPS) is 22.7. The van der Waals surface area contributed by atoms with Gasteiger partial charge in [-0.3, -0.25) is 4.79 Å². The molecule has 0 bridgehead atoms. The van der Waals surface area contributed by atoms with Crippen molar-refractivity contribution in [2.45, 2.75) is 45.2 Å². The van der Waals surface area contributed by atoms with Gasteiger partial charge in [-0.2, -0.15) is 0 Å². The molecule has 1 aromatic rings. The van der Waals surface area contributed by atoms with E-state index in [2.05, 4.69) is 13.8 Å². The molecule has 2 atom stereocenters. The number of para-hydroxylation sites is 1. The van der Waals surface area contributed by atoms with Crippen molar-refractivity contribution < 1.29 is 9.53 Å². The third kappa shape index (κ3) is 3.56. The molecule has 1 aliphatic heterocycles. The fourth-order valence-corrected chi connectivity index (χ4v) is 2.95. The van der Waals surface area contributed by atoms with Gasteiger partial charge in [-0.15, -0.1) is 0 Å². The van der Waals surface area contributed by atoms with Crippen molar-refractivity contribution >= 4 is 5.91 Å². The summed E-state index contributed by atoms with van der Waals surface area (Å²) < 4.78 is 5.46. The molecule has 1 amide bonds. The van der Waals surface area contributed by atoms with Crippen LogP contribution >= 0.6 is 0 Å². The van der Waals surface area contributed by atoms with Gasteiger partial charge in [0.05, 0.1) is 13.2 Å². The van der Waals surface area contributed by atoms with E-state index in [1.807, 2.05) is 29.2 Å². The van der Waals surface area contributed by atoms with E-state index in [1.165, 1.54) is 0 Å². The van der Waals surface area contributed by atoms with E-state index in [-0.39, 0.29) is 18.0 Å². The first-order chi connectivity index (χ1) is 10.0. The van der Waals surface area contributed by atoms with Crippen molar-refractivity contribution in [3.05, 3.63) is 29.8 Å². The topological polar surface area (TPSA) is 55.6 Å². The maximum atomic E-state index is 12.4. The van der Waals surface area contributed by atoms with Gasteiger partial charge in [0.15, 0.2) is 0 Å². The number of amides is 1. The summed E-state index contributed by atoms with van der Waals surface area (Å²) in [6.07, 6.45) is 2.27. The number of hydrogen-bond acceptors (Lipinski definition) is 3. The van der Waals surface area contributed by atoms with Gasteiger partial charge in [0.25, 0.3) is 0 Å². The molecule has 2 unspecified atom stereocenters. The molecule has 2 N–H and O–H groups in total. The molecular weight excluding hydrogens is 264 g/mol. The zero-order valence-electron chi connectivity index (χ0n) is 13.2. The second-order valence-electron chi connectivity index (χ2n) is 6.16. The Kier molecular flexibility index (Phi) is 5.23. The Labute approximate surface area is 127 Å². The highest BCUT2D eigenvalue weighted by molar-refractivity contribution is 5.78. The van der Waals surface area contributed by atoms with Crippen molar-refractivity contribution in [2.75, 3.05) is 13.7 Å². The molecule has 2 rings (SSSR count). The lowest BCUT2D eigenvalue weighted by molar-refractivity contribution is -0.137. The number of nitrogens with two attached hydrogens (primary N) is 1. The van der Waals surface area contributed by atoms with Gasteiger partial charge >= 0.3 is 0 Å². The molecule has 1 fully saturated rings. The summed E-state index contributed by atoms with van der Waals surface area (Å²) in [6.45, 7) is 5.10. The monoisotopic (exact) mass is 290 g/mol. The average molecular weight is 290 g/mol. The SMILES string of the molecule is COc1ccccc1C1C(N)CCC(=O)N1CCC(C)C. The average Bonchev–Trinajstić information content (AvgIpc) is 2.47. The second-order valence-corrected chi connectivity index (χ2v) is 6.16. The number of likely N-dealkylation sites (tertiary alicyclic amines) is 1. The number of rotatable bonds is 5. The first-order valence-corrected chi connectivity index (χ1v) is 7.72. The molecule has 0 aliphatic carbocycles. The lowest BCUT2D eigenvalue weighted by Gasteiger charge is -2.40. The minimum absolute atomic E-state index is 0.0360. The maximum Gasteiger partial charge on any atom is 0.223 e. The first kappa shape index (κ1) is 15.8. The van der Waals surface area contributed by atoms with Crippen molar-refractivity contribution in [3.63, 3.8) is 0 Å². The predicted octanol–water partition coefficient (Wildman–Crippen LogP) is 2.73. The Morgan fingerprint density at radius 3 is 2.76 bits per heavy atom. The van der Waals surface area contributed by atoms with Crippen LogP contribution in [0.3, 0.4) is 0 Å². The largest absolute Gasteiger partial charge is 0.496 e. The standard InChI is InChI=1S/C17H26N2O2/c1-12(2)10-11-19-16(20)9-8-14(18)17(19)13-6-4-5-7-15(13)21-3/h4-7,12,14,17H,8-11,18H2,1-3H3. The van der Waals surface area contributed by atoms with Crippen LogP contribution in [0, 0.1) is 5.92 Å². The van der Waals surface area contributed by atoms with Crippen molar-refractivity contribution in [1.82, 2.24) is 4.90 Å². The number of carbonyl (C=O) groups excluding carboxylic acids is 1. The molecule has 0 aromatic heterocycles. The van der Waals surface area contributed by atoms with Gasteiger partial charge in [-0.1, -0.05) is 32.0 Å². The van der Waals surface area contributed by atoms with E-state index < -0.39 is 0 Å². The minimum atomic E-state index is -0.0823. The van der Waals surface area contributed by atoms with Gasteiger partial charge in [0, 0.05) is 24.6 Å². The van der Waals surface area contributed by atoms with E-state index in [0.717, 1.165) is 30.7 Å². The number of methoxy groups -OCH3 is 1. The molecule has 1 saturated heterocycles. The molecular formula is C17H26N2O2. The highest BCUT2D eigenvalue weighted by Gasteiger charge is 2.36. The predicted molar refractivity (Wildman–Crippen MR) is 84.1 cm³/mol. The molecule has 1 aliphatic rings. The van der Waals surface area contributed by atoms with E-state index in [0.29, 0.717) is 12.3 Å². The van der Waals surface area contributed by atoms with E-state index in [9.17, 15) is 4.79 Å². The summed E-state index contributed by atoms with van der Waals surface area (Å²) in [6, 6.07) is 7.75. The van der Waals surface area contributed by atoms with Crippen LogP contribution < -0.4 is 10.5 Å². The van der Waals surface area contributed by atoms with E-state index in [1.54, 1.807) is 7.11 Å². The zero-order chi connectivity index (χ0) is 15.4. The lowest BCUT2D eigenvalue weighted by Crippen LogP contribution is -2.49. The molecule has 0 saturated carbocycles. The van der Waals surface area contributed by atoms with Crippen LogP contribution in [0.4, 0.5) is 0 Å². The Morgan fingerprint density at radius 1 is 1.38 bits per heavy atom. The molecule has 21 heavy (non-hydrogen) atoms. The summed E-state index contributed by atoms with van der Waals surface area (Å²) in [5, 5.41) is 0. The van der Waals surface area contributed by atoms with Crippen molar-refractivity contribution in [1.29, 1.82) is 0 Å². The highest BCUT2D eigenvalue weighted by Crippen LogP contribution is 2.36. The Balaban J connectivity index is 2.32. The lowest BCUT2D eigenvalue weighted by atomic mass is 9.89. The Morgan fingerprint density at radius 2 is 2.10 bits per heavy atom. The Hall–Kier alpha value is -1.55. The number of piperidine rings is 1. The van der Waals surface area contributed by atoms with Gasteiger partial charge in [-0.25, -0.2) is 0 Å². The zero-order valence-corrected chi connectivity index (χ0v) is 13.2. The molecule has 0 radical (unpaired) electrons. The van der Waals surface area contributed by atoms with Crippen LogP contribution in [0.15, 0.2) is 24.3 Å². The Bertz CT molecular complexity index is 487. The molecule has 4 heteroatoms. The van der Waals surface area contributed by atoms with Crippen LogP contribution in [0.1, 0.15) is 44.7 Å². The van der Waals surface area contributed by atoms with Gasteiger partial charge in [0.2, 0.25) is 5.91 Å². The number of hydrogen-bond donors (Lipinski definition) is 1. The van der Waals surface area contributed by atoms with E-state index >= 15 is 0 Å². The molecule has 0 spiro atoms. The van der Waals surface area contributed by atoms with Crippen LogP contribution in [0.2, 0.25) is 0 Å². The summed E-state index contributed by atoms with van der Waals surface area (Å²) in [5.41, 5.74) is 7.36. The quantitative estimate of drug-likeness (QED) is 0.907. The smallest absolute Gasteiger partial charge is 0.223 e. The molecule has 1 aromatic carbocycles. The fraction of sp³-hybridized carbons (Fsp3) is 0.588. The van der Waals surface area contributed by atoms with Crippen molar-refractivity contribution in [3.8, 4) is 5.75 Å². The first-order valence-electron chi connectivity index (χ1n) is 7.72. The summed E-state index contributed by atoms with van der Waals surface area (Å²) in [5.74, 6) is 1.57. The van der Waals surface area contributed by atoms with Crippen LogP contribution in [0.25, 0.3) is 0 Å².